The van der Waals surface area contributed by atoms with Gasteiger partial charge in [-0.25, -0.2) is 0 Å². The van der Waals surface area contributed by atoms with E-state index in [1.807, 2.05) is 0 Å². The van der Waals surface area contributed by atoms with Gasteiger partial charge in [-0.15, -0.1) is 0 Å². The number of rotatable bonds is 5. The van der Waals surface area contributed by atoms with Crippen LogP contribution in [0.25, 0.3) is 32.3 Å². The quantitative estimate of drug-likeness (QED) is 0.433. The summed E-state index contributed by atoms with van der Waals surface area (Å²) in [6, 6.07) is 19.9. The van der Waals surface area contributed by atoms with Gasteiger partial charge in [0.1, 0.15) is 0 Å². The maximum Gasteiger partial charge on any atom is 0.0555 e. The van der Waals surface area contributed by atoms with Crippen molar-refractivity contribution >= 4 is 32.3 Å². The van der Waals surface area contributed by atoms with Gasteiger partial charge in [0.15, 0.2) is 0 Å². The molecule has 0 aliphatic rings. The van der Waals surface area contributed by atoms with Gasteiger partial charge < -0.3 is 10.4 Å². The monoisotopic (exact) mass is 289 g/mol. The molecule has 4 rings (SSSR count). The molecular weight excluding hydrogens is 270 g/mol. The van der Waals surface area contributed by atoms with Gasteiger partial charge in [-0.1, -0.05) is 54.6 Å². The van der Waals surface area contributed by atoms with Gasteiger partial charge in [0.2, 0.25) is 0 Å². The molecule has 2 N–H and O–H groups in total. The van der Waals surface area contributed by atoms with Gasteiger partial charge in [-0.3, -0.25) is 0 Å². The third-order valence-corrected chi connectivity index (χ3v) is 4.48. The summed E-state index contributed by atoms with van der Waals surface area (Å²) >= 11 is 0. The second-order valence-electron chi connectivity index (χ2n) is 5.80. The smallest absolute Gasteiger partial charge is 0.0555 e. The molecule has 2 heteroatoms. The molecule has 22 heavy (non-hydrogen) atoms. The average molecular weight is 289 g/mol. The minimum absolute atomic E-state index is 0.193. The molecule has 0 aromatic heterocycles. The molecule has 0 bridgehead atoms. The minimum atomic E-state index is 0.193. The minimum Gasteiger partial charge on any atom is -0.395 e. The van der Waals surface area contributed by atoms with Gasteiger partial charge in [0, 0.05) is 6.54 Å². The maximum atomic E-state index is 8.86. The van der Waals surface area contributed by atoms with Crippen molar-refractivity contribution in [1.82, 2.24) is 5.32 Å². The second-order valence-corrected chi connectivity index (χ2v) is 5.80. The van der Waals surface area contributed by atoms with E-state index in [2.05, 4.69) is 59.9 Å². The van der Waals surface area contributed by atoms with Gasteiger partial charge >= 0.3 is 0 Å². The van der Waals surface area contributed by atoms with Gasteiger partial charge in [0.05, 0.1) is 6.61 Å². The van der Waals surface area contributed by atoms with E-state index in [9.17, 15) is 0 Å². The Morgan fingerprint density at radius 2 is 1.41 bits per heavy atom. The van der Waals surface area contributed by atoms with Crippen LogP contribution >= 0.6 is 0 Å². The summed E-state index contributed by atoms with van der Waals surface area (Å²) < 4.78 is 0. The Morgan fingerprint density at radius 1 is 0.727 bits per heavy atom. The van der Waals surface area contributed by atoms with Gasteiger partial charge in [0.25, 0.3) is 0 Å². The third-order valence-electron chi connectivity index (χ3n) is 4.48. The normalized spacial score (nSPS) is 11.9. The first-order valence-corrected chi connectivity index (χ1v) is 7.85. The molecule has 0 fully saturated rings. The molecule has 4 aromatic carbocycles. The number of hydrogen-bond acceptors (Lipinski definition) is 2. The third kappa shape index (κ3) is 2.12. The van der Waals surface area contributed by atoms with Crippen LogP contribution in [-0.4, -0.2) is 24.8 Å². The maximum absolute atomic E-state index is 8.86. The molecule has 0 saturated carbocycles. The van der Waals surface area contributed by atoms with Crippen molar-refractivity contribution in [2.45, 2.75) is 6.42 Å². The van der Waals surface area contributed by atoms with Crippen LogP contribution < -0.4 is 5.32 Å². The number of aliphatic hydroxyl groups is 1. The van der Waals surface area contributed by atoms with E-state index in [-0.39, 0.29) is 6.61 Å². The van der Waals surface area contributed by atoms with Crippen LogP contribution in [-0.2, 0) is 6.42 Å². The first-order valence-electron chi connectivity index (χ1n) is 7.85. The standard InChI is InChI=1S/C20H19NO/c22-13-12-21-11-10-14-4-5-17-7-6-15-2-1-3-16-8-9-18(14)20(17)19(15)16/h1-9,21-22H,10-13H2. The molecule has 0 aliphatic carbocycles. The van der Waals surface area contributed by atoms with E-state index in [0.717, 1.165) is 13.0 Å². The van der Waals surface area contributed by atoms with Crippen LogP contribution in [0.5, 0.6) is 0 Å². The fraction of sp³-hybridized carbons (Fsp3) is 0.200. The second kappa shape index (κ2) is 5.56. The van der Waals surface area contributed by atoms with Crippen LogP contribution in [0.15, 0.2) is 54.6 Å². The Kier molecular flexibility index (Phi) is 3.41. The van der Waals surface area contributed by atoms with Gasteiger partial charge in [-0.05, 0) is 50.8 Å². The molecular formula is C20H19NO. The molecule has 110 valence electrons. The van der Waals surface area contributed by atoms with Crippen molar-refractivity contribution in [2.24, 2.45) is 0 Å². The first-order chi connectivity index (χ1) is 10.9. The van der Waals surface area contributed by atoms with Crippen molar-refractivity contribution in [1.29, 1.82) is 0 Å². The molecule has 0 saturated heterocycles. The first kappa shape index (κ1) is 13.5. The van der Waals surface area contributed by atoms with Crippen LogP contribution in [0.1, 0.15) is 5.56 Å². The van der Waals surface area contributed by atoms with Crippen LogP contribution in [0.4, 0.5) is 0 Å². The summed E-state index contributed by atoms with van der Waals surface area (Å²) in [5.74, 6) is 0. The highest BCUT2D eigenvalue weighted by Gasteiger charge is 2.10. The van der Waals surface area contributed by atoms with E-state index in [4.69, 9.17) is 5.11 Å². The highest BCUT2D eigenvalue weighted by Crippen LogP contribution is 2.35. The highest BCUT2D eigenvalue weighted by molar-refractivity contribution is 6.23. The fourth-order valence-electron chi connectivity index (χ4n) is 3.44. The summed E-state index contributed by atoms with van der Waals surface area (Å²) in [6.45, 7) is 1.74. The van der Waals surface area contributed by atoms with Gasteiger partial charge in [-0.2, -0.15) is 0 Å². The number of aliphatic hydroxyl groups excluding tert-OH is 1. The predicted molar refractivity (Wildman–Crippen MR) is 93.8 cm³/mol. The Morgan fingerprint density at radius 3 is 2.18 bits per heavy atom. The lowest BCUT2D eigenvalue weighted by Crippen LogP contribution is -2.20. The number of nitrogens with one attached hydrogen (secondary N) is 1. The zero-order valence-corrected chi connectivity index (χ0v) is 12.5. The summed E-state index contributed by atoms with van der Waals surface area (Å²) in [6.07, 6.45) is 0.980. The topological polar surface area (TPSA) is 32.3 Å². The van der Waals surface area contributed by atoms with Crippen molar-refractivity contribution in [2.75, 3.05) is 19.7 Å². The summed E-state index contributed by atoms with van der Waals surface area (Å²) in [4.78, 5) is 0. The lowest BCUT2D eigenvalue weighted by Gasteiger charge is -2.14. The molecule has 0 heterocycles. The molecule has 0 amide bonds. The Hall–Kier alpha value is -2.16. The fourth-order valence-corrected chi connectivity index (χ4v) is 3.44. The average Bonchev–Trinajstić information content (AvgIpc) is 2.57. The van der Waals surface area contributed by atoms with E-state index in [0.29, 0.717) is 6.54 Å². The molecule has 0 aliphatic heterocycles. The Balaban J connectivity index is 1.89. The predicted octanol–water partition coefficient (Wildman–Crippen LogP) is 3.71. The van der Waals surface area contributed by atoms with E-state index in [1.54, 1.807) is 0 Å². The number of hydrogen-bond donors (Lipinski definition) is 2. The molecule has 0 spiro atoms. The Bertz CT molecular complexity index is 913. The van der Waals surface area contributed by atoms with Crippen molar-refractivity contribution in [3.63, 3.8) is 0 Å². The van der Waals surface area contributed by atoms with Crippen LogP contribution in [0.2, 0.25) is 0 Å². The van der Waals surface area contributed by atoms with E-state index >= 15 is 0 Å². The lowest BCUT2D eigenvalue weighted by atomic mass is 9.91. The summed E-state index contributed by atoms with van der Waals surface area (Å²) in [5, 5.41) is 20.2. The molecule has 0 radical (unpaired) electrons. The zero-order chi connectivity index (χ0) is 14.9. The Labute approximate surface area is 129 Å². The van der Waals surface area contributed by atoms with Crippen molar-refractivity contribution in [3.05, 3.63) is 60.2 Å². The van der Waals surface area contributed by atoms with Crippen molar-refractivity contribution < 1.29 is 5.11 Å². The van der Waals surface area contributed by atoms with Crippen molar-refractivity contribution in [3.8, 4) is 0 Å². The molecule has 4 aromatic rings. The highest BCUT2D eigenvalue weighted by atomic mass is 16.3. The molecule has 0 unspecified atom stereocenters. The lowest BCUT2D eigenvalue weighted by molar-refractivity contribution is 0.293. The summed E-state index contributed by atoms with van der Waals surface area (Å²) in [5.41, 5.74) is 1.37. The van der Waals surface area contributed by atoms with E-state index < -0.39 is 0 Å². The SMILES string of the molecule is OCCNCCc1ccc2ccc3cccc4ccc1c2c34. The zero-order valence-electron chi connectivity index (χ0n) is 12.5. The largest absolute Gasteiger partial charge is 0.395 e. The molecule has 2 nitrogen and oxygen atoms in total. The van der Waals surface area contributed by atoms with E-state index in [1.165, 1.54) is 37.9 Å². The van der Waals surface area contributed by atoms with Crippen LogP contribution in [0.3, 0.4) is 0 Å². The molecule has 0 atom stereocenters. The van der Waals surface area contributed by atoms with Crippen LogP contribution in [0, 0.1) is 0 Å². The summed E-state index contributed by atoms with van der Waals surface area (Å²) in [7, 11) is 0. The number of benzene rings is 4.